The van der Waals surface area contributed by atoms with Gasteiger partial charge in [-0.3, -0.25) is 9.59 Å². The van der Waals surface area contributed by atoms with Crippen LogP contribution in [0.4, 0.5) is 0 Å². The zero-order valence-electron chi connectivity index (χ0n) is 18.3. The smallest absolute Gasteiger partial charge is 0.261 e. The number of halogens is 2. The molecule has 0 aliphatic heterocycles. The van der Waals surface area contributed by atoms with E-state index < -0.39 is 6.04 Å². The van der Waals surface area contributed by atoms with Crippen LogP contribution in [-0.2, 0) is 22.6 Å². The highest BCUT2D eigenvalue weighted by molar-refractivity contribution is 9.10. The molecule has 1 N–H and O–H groups in total. The van der Waals surface area contributed by atoms with Crippen molar-refractivity contribution in [2.45, 2.75) is 52.6 Å². The Morgan fingerprint density at radius 2 is 1.90 bits per heavy atom. The monoisotopic (exact) mass is 508 g/mol. The molecule has 0 fully saturated rings. The number of rotatable bonds is 11. The predicted molar refractivity (Wildman–Crippen MR) is 128 cm³/mol. The van der Waals surface area contributed by atoms with Crippen molar-refractivity contribution in [3.05, 3.63) is 63.1 Å². The second-order valence-corrected chi connectivity index (χ2v) is 8.50. The number of carbonyl (C=O) groups is 2. The van der Waals surface area contributed by atoms with Gasteiger partial charge >= 0.3 is 0 Å². The Labute approximate surface area is 198 Å². The third-order valence-electron chi connectivity index (χ3n) is 4.99. The van der Waals surface area contributed by atoms with Gasteiger partial charge in [0.05, 0.1) is 4.47 Å². The molecule has 168 valence electrons. The summed E-state index contributed by atoms with van der Waals surface area (Å²) in [5.41, 5.74) is 1.96. The molecule has 0 aromatic heterocycles. The molecule has 2 rings (SSSR count). The molecule has 1 atom stereocenters. The lowest BCUT2D eigenvalue weighted by Crippen LogP contribution is -2.50. The van der Waals surface area contributed by atoms with E-state index in [1.54, 1.807) is 11.0 Å². The Bertz CT molecular complexity index is 891. The molecule has 5 nitrogen and oxygen atoms in total. The summed E-state index contributed by atoms with van der Waals surface area (Å²) in [6.45, 7) is 6.58. The maximum atomic E-state index is 13.2. The van der Waals surface area contributed by atoms with Crippen molar-refractivity contribution in [3.63, 3.8) is 0 Å². The van der Waals surface area contributed by atoms with Crippen molar-refractivity contribution >= 4 is 39.3 Å². The van der Waals surface area contributed by atoms with Crippen LogP contribution in [0.2, 0.25) is 5.02 Å². The van der Waals surface area contributed by atoms with Crippen molar-refractivity contribution in [2.75, 3.05) is 13.2 Å². The molecule has 2 aromatic carbocycles. The van der Waals surface area contributed by atoms with Gasteiger partial charge < -0.3 is 15.0 Å². The summed E-state index contributed by atoms with van der Waals surface area (Å²) in [5, 5.41) is 3.46. The van der Waals surface area contributed by atoms with E-state index in [-0.39, 0.29) is 25.0 Å². The molecule has 0 heterocycles. The largest absolute Gasteiger partial charge is 0.483 e. The number of ether oxygens (including phenoxy) is 1. The second kappa shape index (κ2) is 12.7. The number of benzene rings is 2. The fourth-order valence-electron chi connectivity index (χ4n) is 3.20. The van der Waals surface area contributed by atoms with Gasteiger partial charge in [0, 0.05) is 18.1 Å². The third-order valence-corrected chi connectivity index (χ3v) is 5.98. The highest BCUT2D eigenvalue weighted by Gasteiger charge is 2.29. The zero-order valence-corrected chi connectivity index (χ0v) is 20.6. The van der Waals surface area contributed by atoms with Gasteiger partial charge in [-0.25, -0.2) is 0 Å². The summed E-state index contributed by atoms with van der Waals surface area (Å²) in [4.78, 5) is 27.5. The normalized spacial score (nSPS) is 11.6. The van der Waals surface area contributed by atoms with E-state index in [9.17, 15) is 9.59 Å². The van der Waals surface area contributed by atoms with Crippen LogP contribution in [0, 0.1) is 0 Å². The van der Waals surface area contributed by atoms with Gasteiger partial charge in [-0.2, -0.15) is 0 Å². The molecular weight excluding hydrogens is 480 g/mol. The summed E-state index contributed by atoms with van der Waals surface area (Å²) in [6, 6.07) is 12.5. The maximum absolute atomic E-state index is 13.2. The number of aryl methyl sites for hydroxylation is 1. The van der Waals surface area contributed by atoms with Crippen LogP contribution < -0.4 is 10.1 Å². The molecule has 0 aliphatic carbocycles. The Balaban J connectivity index is 2.22. The van der Waals surface area contributed by atoms with E-state index in [1.807, 2.05) is 50.2 Å². The first-order valence-corrected chi connectivity index (χ1v) is 11.8. The van der Waals surface area contributed by atoms with E-state index in [2.05, 4.69) is 28.2 Å². The minimum Gasteiger partial charge on any atom is -0.483 e. The third kappa shape index (κ3) is 7.25. The van der Waals surface area contributed by atoms with Gasteiger partial charge in [-0.15, -0.1) is 0 Å². The number of nitrogens with zero attached hydrogens (tertiary/aromatic N) is 1. The van der Waals surface area contributed by atoms with Gasteiger partial charge in [0.2, 0.25) is 5.91 Å². The van der Waals surface area contributed by atoms with Gasteiger partial charge in [0.25, 0.3) is 5.91 Å². The molecular formula is C24H30BrClN2O3. The molecule has 7 heteroatoms. The molecule has 0 saturated heterocycles. The van der Waals surface area contributed by atoms with Crippen molar-refractivity contribution in [1.82, 2.24) is 10.2 Å². The summed E-state index contributed by atoms with van der Waals surface area (Å²) in [7, 11) is 0. The lowest BCUT2D eigenvalue weighted by atomic mass is 10.1. The number of nitrogens with one attached hydrogen (secondary N) is 1. The van der Waals surface area contributed by atoms with Gasteiger partial charge in [-0.1, -0.05) is 56.6 Å². The zero-order chi connectivity index (χ0) is 22.8. The topological polar surface area (TPSA) is 58.6 Å². The molecule has 0 saturated carbocycles. The Kier molecular flexibility index (Phi) is 10.3. The molecule has 31 heavy (non-hydrogen) atoms. The first-order valence-electron chi connectivity index (χ1n) is 10.6. The lowest BCUT2D eigenvalue weighted by molar-refractivity contribution is -0.143. The van der Waals surface area contributed by atoms with Crippen molar-refractivity contribution in [1.29, 1.82) is 0 Å². The fourth-order valence-corrected chi connectivity index (χ4v) is 3.94. The number of hydrogen-bond acceptors (Lipinski definition) is 3. The van der Waals surface area contributed by atoms with Crippen molar-refractivity contribution < 1.29 is 14.3 Å². The fraction of sp³-hybridized carbons (Fsp3) is 0.417. The standard InChI is InChI=1S/C24H30BrClN2O3/c1-4-13-27-24(30)21(6-3)28(15-18-9-7-8-10-20(18)26)23(29)16-31-22-12-11-17(5-2)14-19(22)25/h7-12,14,21H,4-6,13,15-16H2,1-3H3,(H,27,30). The molecule has 1 unspecified atom stereocenters. The number of hydrogen-bond donors (Lipinski definition) is 1. The lowest BCUT2D eigenvalue weighted by Gasteiger charge is -2.31. The molecule has 0 radical (unpaired) electrons. The number of amides is 2. The van der Waals surface area contributed by atoms with Crippen molar-refractivity contribution in [2.24, 2.45) is 0 Å². The summed E-state index contributed by atoms with van der Waals surface area (Å²) in [6.07, 6.45) is 2.22. The molecule has 0 spiro atoms. The minimum absolute atomic E-state index is 0.168. The van der Waals surface area contributed by atoms with Gasteiger partial charge in [0.1, 0.15) is 11.8 Å². The quantitative estimate of drug-likeness (QED) is 0.443. The van der Waals surface area contributed by atoms with Crippen LogP contribution in [0.5, 0.6) is 5.75 Å². The molecule has 0 bridgehead atoms. The van der Waals surface area contributed by atoms with E-state index in [0.717, 1.165) is 22.9 Å². The Morgan fingerprint density at radius 3 is 2.52 bits per heavy atom. The van der Waals surface area contributed by atoms with Crippen LogP contribution in [0.3, 0.4) is 0 Å². The second-order valence-electron chi connectivity index (χ2n) is 7.24. The molecule has 0 aliphatic rings. The van der Waals surface area contributed by atoms with Crippen molar-refractivity contribution in [3.8, 4) is 5.75 Å². The minimum atomic E-state index is -0.607. The van der Waals surface area contributed by atoms with Crippen LogP contribution in [0.15, 0.2) is 46.9 Å². The van der Waals surface area contributed by atoms with E-state index >= 15 is 0 Å². The number of carbonyl (C=O) groups excluding carboxylic acids is 2. The Hall–Kier alpha value is -2.05. The highest BCUT2D eigenvalue weighted by Crippen LogP contribution is 2.27. The van der Waals surface area contributed by atoms with Crippen LogP contribution >= 0.6 is 27.5 Å². The van der Waals surface area contributed by atoms with Crippen LogP contribution in [0.25, 0.3) is 0 Å². The summed E-state index contributed by atoms with van der Waals surface area (Å²) >= 11 is 9.83. The first-order chi connectivity index (χ1) is 14.9. The predicted octanol–water partition coefficient (Wildman–Crippen LogP) is 5.38. The first kappa shape index (κ1) is 25.2. The van der Waals surface area contributed by atoms with E-state index in [4.69, 9.17) is 16.3 Å². The highest BCUT2D eigenvalue weighted by atomic mass is 79.9. The van der Waals surface area contributed by atoms with E-state index in [1.165, 1.54) is 5.56 Å². The van der Waals surface area contributed by atoms with Crippen LogP contribution in [0.1, 0.15) is 44.7 Å². The summed E-state index contributed by atoms with van der Waals surface area (Å²) < 4.78 is 6.60. The van der Waals surface area contributed by atoms with Crippen LogP contribution in [-0.4, -0.2) is 35.9 Å². The average Bonchev–Trinajstić information content (AvgIpc) is 2.77. The SMILES string of the molecule is CCCNC(=O)C(CC)N(Cc1ccccc1Cl)C(=O)COc1ccc(CC)cc1Br. The molecule has 2 amide bonds. The summed E-state index contributed by atoms with van der Waals surface area (Å²) in [5.74, 6) is 0.148. The average molecular weight is 510 g/mol. The van der Waals surface area contributed by atoms with Gasteiger partial charge in [0.15, 0.2) is 6.61 Å². The molecule has 2 aromatic rings. The Morgan fingerprint density at radius 1 is 1.16 bits per heavy atom. The maximum Gasteiger partial charge on any atom is 0.261 e. The van der Waals surface area contributed by atoms with Gasteiger partial charge in [-0.05, 0) is 64.5 Å². The van der Waals surface area contributed by atoms with E-state index in [0.29, 0.717) is 23.7 Å².